The van der Waals surface area contributed by atoms with Gasteiger partial charge in [-0.3, -0.25) is 0 Å². The molecule has 1 atom stereocenters. The quantitative estimate of drug-likeness (QED) is 0.758. The average Bonchev–Trinajstić information content (AvgIpc) is 2.38. The fourth-order valence-corrected chi connectivity index (χ4v) is 2.82. The summed E-state index contributed by atoms with van der Waals surface area (Å²) in [6.07, 6.45) is 1.67. The number of aliphatic hydroxyl groups excluding tert-OH is 1. The summed E-state index contributed by atoms with van der Waals surface area (Å²) in [7, 11) is 0. The van der Waals surface area contributed by atoms with Gasteiger partial charge < -0.3 is 15.7 Å². The fraction of sp³-hybridized carbons (Fsp3) is 0.571. The van der Waals surface area contributed by atoms with Crippen molar-refractivity contribution in [2.24, 2.45) is 5.73 Å². The second-order valence-corrected chi connectivity index (χ2v) is 5.90. The minimum absolute atomic E-state index is 0.0521. The Balaban J connectivity index is 2.51. The molecule has 1 rings (SSSR count). The SMILES string of the molecule is CCN(CCCO)CCC(N)c1ccc(Br)cc1Cl. The minimum atomic E-state index is -0.0521. The van der Waals surface area contributed by atoms with E-state index >= 15 is 0 Å². The van der Waals surface area contributed by atoms with Crippen LogP contribution in [-0.2, 0) is 0 Å². The minimum Gasteiger partial charge on any atom is -0.396 e. The first-order valence-corrected chi connectivity index (χ1v) is 7.79. The molecule has 1 aromatic carbocycles. The highest BCUT2D eigenvalue weighted by molar-refractivity contribution is 9.10. The van der Waals surface area contributed by atoms with E-state index in [-0.39, 0.29) is 12.6 Å². The molecule has 0 aliphatic rings. The van der Waals surface area contributed by atoms with Crippen molar-refractivity contribution in [3.8, 4) is 0 Å². The maximum atomic E-state index is 8.86. The number of hydrogen-bond acceptors (Lipinski definition) is 3. The molecule has 0 radical (unpaired) electrons. The van der Waals surface area contributed by atoms with E-state index in [2.05, 4.69) is 27.8 Å². The van der Waals surface area contributed by atoms with E-state index in [1.165, 1.54) is 0 Å². The highest BCUT2D eigenvalue weighted by Crippen LogP contribution is 2.27. The zero-order valence-corrected chi connectivity index (χ0v) is 13.6. The fourth-order valence-electron chi connectivity index (χ4n) is 2.00. The zero-order chi connectivity index (χ0) is 14.3. The molecule has 1 aromatic rings. The standard InChI is InChI=1S/C14H22BrClN2O/c1-2-18(7-3-9-19)8-6-14(17)12-5-4-11(15)10-13(12)16/h4-5,10,14,19H,2-3,6-9,17H2,1H3. The lowest BCUT2D eigenvalue weighted by molar-refractivity contribution is 0.225. The van der Waals surface area contributed by atoms with Crippen molar-refractivity contribution in [3.05, 3.63) is 33.3 Å². The van der Waals surface area contributed by atoms with E-state index in [1.807, 2.05) is 18.2 Å². The Bertz CT molecular complexity index is 390. The number of hydrogen-bond donors (Lipinski definition) is 2. The van der Waals surface area contributed by atoms with Crippen LogP contribution < -0.4 is 5.73 Å². The van der Waals surface area contributed by atoms with E-state index < -0.39 is 0 Å². The van der Waals surface area contributed by atoms with Gasteiger partial charge in [-0.15, -0.1) is 0 Å². The predicted octanol–water partition coefficient (Wildman–Crippen LogP) is 3.20. The topological polar surface area (TPSA) is 49.5 Å². The van der Waals surface area contributed by atoms with Crippen LogP contribution in [0.3, 0.4) is 0 Å². The molecule has 0 spiro atoms. The molecule has 0 aromatic heterocycles. The summed E-state index contributed by atoms with van der Waals surface area (Å²) in [6, 6.07) is 5.76. The van der Waals surface area contributed by atoms with Gasteiger partial charge in [-0.1, -0.05) is 40.5 Å². The third kappa shape index (κ3) is 5.79. The average molecular weight is 350 g/mol. The van der Waals surface area contributed by atoms with Gasteiger partial charge in [0.25, 0.3) is 0 Å². The number of nitrogens with two attached hydrogens (primary N) is 1. The molecular formula is C14H22BrClN2O. The van der Waals surface area contributed by atoms with Gasteiger partial charge in [0.1, 0.15) is 0 Å². The predicted molar refractivity (Wildman–Crippen MR) is 84.5 cm³/mol. The number of rotatable bonds is 8. The lowest BCUT2D eigenvalue weighted by Crippen LogP contribution is -2.28. The highest BCUT2D eigenvalue weighted by atomic mass is 79.9. The molecule has 0 saturated carbocycles. The van der Waals surface area contributed by atoms with Crippen LogP contribution in [0.5, 0.6) is 0 Å². The third-order valence-electron chi connectivity index (χ3n) is 3.20. The van der Waals surface area contributed by atoms with E-state index in [9.17, 15) is 0 Å². The Hall–Kier alpha value is -0.130. The largest absolute Gasteiger partial charge is 0.396 e. The van der Waals surface area contributed by atoms with Gasteiger partial charge in [-0.2, -0.15) is 0 Å². The maximum Gasteiger partial charge on any atom is 0.0464 e. The van der Waals surface area contributed by atoms with Crippen LogP contribution in [0, 0.1) is 0 Å². The number of halogens is 2. The van der Waals surface area contributed by atoms with Gasteiger partial charge in [0.2, 0.25) is 0 Å². The summed E-state index contributed by atoms with van der Waals surface area (Å²) in [5.41, 5.74) is 7.19. The van der Waals surface area contributed by atoms with E-state index in [0.29, 0.717) is 5.02 Å². The second-order valence-electron chi connectivity index (χ2n) is 4.57. The third-order valence-corrected chi connectivity index (χ3v) is 4.02. The van der Waals surface area contributed by atoms with E-state index in [4.69, 9.17) is 22.4 Å². The Morgan fingerprint density at radius 2 is 2.16 bits per heavy atom. The molecule has 1 unspecified atom stereocenters. The molecule has 108 valence electrons. The molecule has 0 aliphatic heterocycles. The van der Waals surface area contributed by atoms with Gasteiger partial charge in [0.15, 0.2) is 0 Å². The molecule has 0 heterocycles. The van der Waals surface area contributed by atoms with Crippen molar-refractivity contribution in [2.75, 3.05) is 26.2 Å². The summed E-state index contributed by atoms with van der Waals surface area (Å²) in [5.74, 6) is 0. The Morgan fingerprint density at radius 1 is 1.42 bits per heavy atom. The smallest absolute Gasteiger partial charge is 0.0464 e. The summed E-state index contributed by atoms with van der Waals surface area (Å²) in [5, 5.41) is 9.56. The number of nitrogens with zero attached hydrogens (tertiary/aromatic N) is 1. The molecule has 0 saturated heterocycles. The van der Waals surface area contributed by atoms with Crippen molar-refractivity contribution in [1.82, 2.24) is 4.90 Å². The molecule has 3 nitrogen and oxygen atoms in total. The first-order valence-electron chi connectivity index (χ1n) is 6.62. The van der Waals surface area contributed by atoms with Gasteiger partial charge in [0.05, 0.1) is 0 Å². The first kappa shape index (κ1) is 16.9. The Kier molecular flexibility index (Phi) is 7.95. The summed E-state index contributed by atoms with van der Waals surface area (Å²) < 4.78 is 0.964. The van der Waals surface area contributed by atoms with Crippen LogP contribution >= 0.6 is 27.5 Å². The summed E-state index contributed by atoms with van der Waals surface area (Å²) >= 11 is 9.59. The van der Waals surface area contributed by atoms with Crippen molar-refractivity contribution < 1.29 is 5.11 Å². The Morgan fingerprint density at radius 3 is 2.74 bits per heavy atom. The molecular weight excluding hydrogens is 328 g/mol. The highest BCUT2D eigenvalue weighted by Gasteiger charge is 2.12. The van der Waals surface area contributed by atoms with Crippen LogP contribution in [-0.4, -0.2) is 36.2 Å². The van der Waals surface area contributed by atoms with E-state index in [1.54, 1.807) is 0 Å². The lowest BCUT2D eigenvalue weighted by atomic mass is 10.0. The summed E-state index contributed by atoms with van der Waals surface area (Å²) in [4.78, 5) is 2.29. The number of aliphatic hydroxyl groups is 1. The van der Waals surface area contributed by atoms with Crippen molar-refractivity contribution in [3.63, 3.8) is 0 Å². The monoisotopic (exact) mass is 348 g/mol. The van der Waals surface area contributed by atoms with Gasteiger partial charge in [0, 0.05) is 28.7 Å². The van der Waals surface area contributed by atoms with Crippen LogP contribution in [0.2, 0.25) is 5.02 Å². The lowest BCUT2D eigenvalue weighted by Gasteiger charge is -2.22. The van der Waals surface area contributed by atoms with Crippen molar-refractivity contribution >= 4 is 27.5 Å². The van der Waals surface area contributed by atoms with Gasteiger partial charge in [-0.05, 0) is 43.6 Å². The van der Waals surface area contributed by atoms with Gasteiger partial charge >= 0.3 is 0 Å². The van der Waals surface area contributed by atoms with Gasteiger partial charge in [-0.25, -0.2) is 0 Å². The molecule has 0 aliphatic carbocycles. The van der Waals surface area contributed by atoms with Crippen LogP contribution in [0.25, 0.3) is 0 Å². The van der Waals surface area contributed by atoms with Crippen LogP contribution in [0.15, 0.2) is 22.7 Å². The normalized spacial score (nSPS) is 12.9. The number of benzene rings is 1. The molecule has 0 amide bonds. The van der Waals surface area contributed by atoms with E-state index in [0.717, 1.165) is 42.5 Å². The molecule has 5 heteroatoms. The molecule has 0 fully saturated rings. The second kappa shape index (κ2) is 8.93. The first-order chi connectivity index (χ1) is 9.08. The molecule has 0 bridgehead atoms. The van der Waals surface area contributed by atoms with Crippen molar-refractivity contribution in [2.45, 2.75) is 25.8 Å². The molecule has 19 heavy (non-hydrogen) atoms. The molecule has 3 N–H and O–H groups in total. The maximum absolute atomic E-state index is 8.86. The van der Waals surface area contributed by atoms with Crippen LogP contribution in [0.4, 0.5) is 0 Å². The zero-order valence-electron chi connectivity index (χ0n) is 11.3. The van der Waals surface area contributed by atoms with Crippen molar-refractivity contribution in [1.29, 1.82) is 0 Å². The summed E-state index contributed by atoms with van der Waals surface area (Å²) in [6.45, 7) is 5.16. The van der Waals surface area contributed by atoms with Crippen LogP contribution in [0.1, 0.15) is 31.4 Å². The Labute approximate surface area is 128 Å².